The lowest BCUT2D eigenvalue weighted by Gasteiger charge is -2.18. The fourth-order valence-electron chi connectivity index (χ4n) is 1.42. The maximum atomic E-state index is 13.9. The summed E-state index contributed by atoms with van der Waals surface area (Å²) in [4.78, 5) is 0.638. The van der Waals surface area contributed by atoms with Crippen molar-refractivity contribution in [1.82, 2.24) is 5.32 Å². The van der Waals surface area contributed by atoms with Crippen molar-refractivity contribution >= 4 is 11.8 Å². The van der Waals surface area contributed by atoms with E-state index in [4.69, 9.17) is 0 Å². The van der Waals surface area contributed by atoms with E-state index >= 15 is 0 Å². The van der Waals surface area contributed by atoms with Gasteiger partial charge < -0.3 is 10.4 Å². The molecule has 0 radical (unpaired) electrons. The van der Waals surface area contributed by atoms with Gasteiger partial charge in [-0.3, -0.25) is 0 Å². The zero-order chi connectivity index (χ0) is 13.7. The van der Waals surface area contributed by atoms with Crippen molar-refractivity contribution in [2.75, 3.05) is 0 Å². The van der Waals surface area contributed by atoms with Crippen LogP contribution in [-0.2, 0) is 6.54 Å². The summed E-state index contributed by atoms with van der Waals surface area (Å²) in [5.74, 6) is -0.212. The number of nitrogens with one attached hydrogen (secondary N) is 1. The average molecular weight is 271 g/mol. The second-order valence-electron chi connectivity index (χ2n) is 4.83. The Hall–Kier alpha value is -0.580. The van der Waals surface area contributed by atoms with E-state index in [1.54, 1.807) is 13.0 Å². The molecule has 1 aromatic carbocycles. The van der Waals surface area contributed by atoms with E-state index < -0.39 is 6.10 Å². The van der Waals surface area contributed by atoms with E-state index in [1.807, 2.05) is 13.0 Å². The third kappa shape index (κ3) is 4.59. The minimum atomic E-state index is -0.458. The Labute approximate surface area is 113 Å². The number of aliphatic hydroxyl groups excluding tert-OH is 1. The molecule has 1 rings (SSSR count). The second-order valence-corrected chi connectivity index (χ2v) is 6.21. The second kappa shape index (κ2) is 7.12. The van der Waals surface area contributed by atoms with E-state index in [0.717, 1.165) is 5.56 Å². The van der Waals surface area contributed by atoms with Crippen LogP contribution in [0.3, 0.4) is 0 Å². The van der Waals surface area contributed by atoms with E-state index in [9.17, 15) is 9.50 Å². The highest BCUT2D eigenvalue weighted by atomic mass is 32.2. The fourth-order valence-corrected chi connectivity index (χ4v) is 2.46. The summed E-state index contributed by atoms with van der Waals surface area (Å²) in [7, 11) is 0. The molecule has 2 unspecified atom stereocenters. The molecule has 0 aliphatic rings. The summed E-state index contributed by atoms with van der Waals surface area (Å²) >= 11 is 1.39. The smallest absolute Gasteiger partial charge is 0.137 e. The summed E-state index contributed by atoms with van der Waals surface area (Å²) in [5, 5.41) is 12.8. The van der Waals surface area contributed by atoms with Gasteiger partial charge in [0.15, 0.2) is 0 Å². The lowest BCUT2D eigenvalue weighted by molar-refractivity contribution is 0.196. The van der Waals surface area contributed by atoms with Crippen LogP contribution in [0.25, 0.3) is 0 Å². The van der Waals surface area contributed by atoms with E-state index in [2.05, 4.69) is 19.2 Å². The third-order valence-corrected chi connectivity index (χ3v) is 4.19. The van der Waals surface area contributed by atoms with E-state index in [1.165, 1.54) is 17.8 Å². The van der Waals surface area contributed by atoms with Crippen LogP contribution in [0.5, 0.6) is 0 Å². The quantitative estimate of drug-likeness (QED) is 0.779. The Balaban J connectivity index is 2.86. The average Bonchev–Trinajstić information content (AvgIpc) is 2.29. The Morgan fingerprint density at radius 2 is 1.94 bits per heavy atom. The first kappa shape index (κ1) is 15.5. The van der Waals surface area contributed by atoms with E-state index in [0.29, 0.717) is 17.5 Å². The zero-order valence-corrected chi connectivity index (χ0v) is 12.2. The fraction of sp³-hybridized carbons (Fsp3) is 0.571. The van der Waals surface area contributed by atoms with Crippen LogP contribution >= 0.6 is 11.8 Å². The highest BCUT2D eigenvalue weighted by Crippen LogP contribution is 2.31. The van der Waals surface area contributed by atoms with Crippen LogP contribution in [-0.4, -0.2) is 22.5 Å². The van der Waals surface area contributed by atoms with Crippen molar-refractivity contribution in [2.45, 2.75) is 56.5 Å². The predicted molar refractivity (Wildman–Crippen MR) is 75.4 cm³/mol. The number of rotatable bonds is 6. The molecule has 0 saturated heterocycles. The van der Waals surface area contributed by atoms with Gasteiger partial charge in [-0.15, -0.1) is 11.8 Å². The number of aliphatic hydroxyl groups is 1. The summed E-state index contributed by atoms with van der Waals surface area (Å²) in [6.07, 6.45) is -0.458. The Morgan fingerprint density at radius 1 is 1.28 bits per heavy atom. The minimum absolute atomic E-state index is 0.0281. The number of hydrogen-bond donors (Lipinski definition) is 2. The highest BCUT2D eigenvalue weighted by Gasteiger charge is 2.16. The van der Waals surface area contributed by atoms with Crippen molar-refractivity contribution in [2.24, 2.45) is 0 Å². The number of halogens is 1. The van der Waals surface area contributed by atoms with E-state index in [-0.39, 0.29) is 11.1 Å². The maximum absolute atomic E-state index is 13.9. The number of thioether (sulfide) groups is 1. The molecular formula is C14H22FNOS. The van der Waals surface area contributed by atoms with Crippen LogP contribution in [0.1, 0.15) is 33.3 Å². The monoisotopic (exact) mass is 271 g/mol. The first-order valence-electron chi connectivity index (χ1n) is 6.27. The van der Waals surface area contributed by atoms with Gasteiger partial charge in [-0.1, -0.05) is 32.9 Å². The molecule has 2 atom stereocenters. The van der Waals surface area contributed by atoms with Crippen LogP contribution in [0, 0.1) is 5.82 Å². The largest absolute Gasteiger partial charge is 0.392 e. The molecule has 0 amide bonds. The van der Waals surface area contributed by atoms with Crippen molar-refractivity contribution in [3.8, 4) is 0 Å². The van der Waals surface area contributed by atoms with Gasteiger partial charge >= 0.3 is 0 Å². The van der Waals surface area contributed by atoms with Crippen molar-refractivity contribution in [1.29, 1.82) is 0 Å². The van der Waals surface area contributed by atoms with Gasteiger partial charge in [0.1, 0.15) is 5.82 Å². The van der Waals surface area contributed by atoms with Crippen LogP contribution < -0.4 is 5.32 Å². The summed E-state index contributed by atoms with van der Waals surface area (Å²) in [6, 6.07) is 5.48. The molecule has 18 heavy (non-hydrogen) atoms. The zero-order valence-electron chi connectivity index (χ0n) is 11.4. The summed E-state index contributed by atoms with van der Waals surface area (Å²) in [5.41, 5.74) is 0.946. The van der Waals surface area contributed by atoms with Crippen LogP contribution in [0.2, 0.25) is 0 Å². The number of benzene rings is 1. The van der Waals surface area contributed by atoms with Crippen LogP contribution in [0.4, 0.5) is 4.39 Å². The summed E-state index contributed by atoms with van der Waals surface area (Å²) in [6.45, 7) is 8.39. The van der Waals surface area contributed by atoms with Gasteiger partial charge in [0.2, 0.25) is 0 Å². The lowest BCUT2D eigenvalue weighted by atomic mass is 10.2. The highest BCUT2D eigenvalue weighted by molar-refractivity contribution is 8.00. The molecule has 0 aromatic heterocycles. The van der Waals surface area contributed by atoms with Crippen molar-refractivity contribution in [3.63, 3.8) is 0 Å². The molecule has 0 saturated carbocycles. The third-order valence-electron chi connectivity index (χ3n) is 2.73. The summed E-state index contributed by atoms with van der Waals surface area (Å²) < 4.78 is 13.9. The topological polar surface area (TPSA) is 32.3 Å². The van der Waals surface area contributed by atoms with Gasteiger partial charge in [-0.05, 0) is 18.6 Å². The van der Waals surface area contributed by atoms with Crippen molar-refractivity contribution < 1.29 is 9.50 Å². The molecule has 0 heterocycles. The molecule has 0 aliphatic carbocycles. The molecule has 0 bridgehead atoms. The van der Waals surface area contributed by atoms with Crippen molar-refractivity contribution in [3.05, 3.63) is 29.6 Å². The molecule has 2 N–H and O–H groups in total. The molecule has 102 valence electrons. The predicted octanol–water partition coefficient (Wildman–Crippen LogP) is 3.19. The Morgan fingerprint density at radius 3 is 2.50 bits per heavy atom. The van der Waals surface area contributed by atoms with Gasteiger partial charge in [0, 0.05) is 22.7 Å². The minimum Gasteiger partial charge on any atom is -0.392 e. The molecule has 2 nitrogen and oxygen atoms in total. The first-order valence-corrected chi connectivity index (χ1v) is 7.15. The Bertz CT molecular complexity index is 382. The normalized spacial score (nSPS) is 14.8. The SMILES string of the molecule is CC(C)NCc1cccc(F)c1SC(C)C(C)O. The van der Waals surface area contributed by atoms with Gasteiger partial charge in [0.05, 0.1) is 6.10 Å². The number of hydrogen-bond acceptors (Lipinski definition) is 3. The molecular weight excluding hydrogens is 249 g/mol. The maximum Gasteiger partial charge on any atom is 0.137 e. The van der Waals surface area contributed by atoms with Gasteiger partial charge in [0.25, 0.3) is 0 Å². The standard InChI is InChI=1S/C14H22FNOS/c1-9(2)16-8-12-6-5-7-13(15)14(12)18-11(4)10(3)17/h5-7,9-11,16-17H,8H2,1-4H3. The molecule has 0 spiro atoms. The first-order chi connectivity index (χ1) is 8.41. The molecule has 4 heteroatoms. The molecule has 0 aliphatic heterocycles. The van der Waals surface area contributed by atoms with Gasteiger partial charge in [-0.2, -0.15) is 0 Å². The van der Waals surface area contributed by atoms with Crippen LogP contribution in [0.15, 0.2) is 23.1 Å². The lowest BCUT2D eigenvalue weighted by Crippen LogP contribution is -2.23. The molecule has 1 aromatic rings. The van der Waals surface area contributed by atoms with Gasteiger partial charge in [-0.25, -0.2) is 4.39 Å². The Kier molecular flexibility index (Phi) is 6.12. The molecule has 0 fully saturated rings.